The van der Waals surface area contributed by atoms with E-state index in [4.69, 9.17) is 16.0 Å². The summed E-state index contributed by atoms with van der Waals surface area (Å²) in [5.74, 6) is 1.91. The third kappa shape index (κ3) is 1.65. The minimum Gasteiger partial charge on any atom is -0.439 e. The first kappa shape index (κ1) is 9.27. The summed E-state index contributed by atoms with van der Waals surface area (Å²) in [7, 11) is 1.91. The van der Waals surface area contributed by atoms with Gasteiger partial charge in [-0.15, -0.1) is 11.6 Å². The molecule has 0 unspecified atom stereocenters. The fraction of sp³-hybridized carbons (Fsp3) is 0.333. The van der Waals surface area contributed by atoms with Crippen LogP contribution in [0.15, 0.2) is 23.1 Å². The van der Waals surface area contributed by atoms with Crippen LogP contribution in [0.5, 0.6) is 0 Å². The van der Waals surface area contributed by atoms with Gasteiger partial charge in [0.05, 0.1) is 18.7 Å². The molecule has 0 aliphatic rings. The van der Waals surface area contributed by atoms with Crippen LogP contribution in [0.25, 0.3) is 11.5 Å². The standard InChI is InChI=1S/C9H10ClN3O/c1-13-6-11-4-7(13)8-5-12-9(14-8)2-3-10/h4-6H,2-3H2,1H3. The molecule has 2 aromatic heterocycles. The molecule has 2 rings (SSSR count). The molecule has 0 saturated heterocycles. The molecule has 0 amide bonds. The van der Waals surface area contributed by atoms with Crippen LogP contribution in [0.1, 0.15) is 5.89 Å². The second kappa shape index (κ2) is 3.84. The SMILES string of the molecule is Cn1cncc1-c1cnc(CCCl)o1. The molecule has 0 saturated carbocycles. The Kier molecular flexibility index (Phi) is 2.54. The molecular formula is C9H10ClN3O. The normalized spacial score (nSPS) is 10.7. The number of oxazole rings is 1. The average Bonchev–Trinajstić information content (AvgIpc) is 2.74. The minimum absolute atomic E-state index is 0.519. The first-order valence-corrected chi connectivity index (χ1v) is 4.82. The van der Waals surface area contributed by atoms with Crippen LogP contribution < -0.4 is 0 Å². The molecule has 14 heavy (non-hydrogen) atoms. The van der Waals surface area contributed by atoms with Crippen molar-refractivity contribution in [1.29, 1.82) is 0 Å². The highest BCUT2D eigenvalue weighted by Crippen LogP contribution is 2.19. The molecule has 4 nitrogen and oxygen atoms in total. The van der Waals surface area contributed by atoms with Gasteiger partial charge in [0.2, 0.25) is 0 Å². The number of hydrogen-bond donors (Lipinski definition) is 0. The fourth-order valence-electron chi connectivity index (χ4n) is 1.22. The first-order valence-electron chi connectivity index (χ1n) is 4.28. The predicted octanol–water partition coefficient (Wildman–Crippen LogP) is 1.86. The Morgan fingerprint density at radius 1 is 1.50 bits per heavy atom. The molecule has 0 fully saturated rings. The number of rotatable bonds is 3. The van der Waals surface area contributed by atoms with Gasteiger partial charge in [-0.05, 0) is 0 Å². The van der Waals surface area contributed by atoms with Crippen molar-refractivity contribution in [3.8, 4) is 11.5 Å². The first-order chi connectivity index (χ1) is 6.81. The minimum atomic E-state index is 0.519. The van der Waals surface area contributed by atoms with E-state index in [0.717, 1.165) is 11.5 Å². The Bertz CT molecular complexity index is 421. The van der Waals surface area contributed by atoms with Crippen molar-refractivity contribution in [2.75, 3.05) is 5.88 Å². The highest BCUT2D eigenvalue weighted by atomic mass is 35.5. The Morgan fingerprint density at radius 2 is 2.36 bits per heavy atom. The Hall–Kier alpha value is -1.29. The fourth-order valence-corrected chi connectivity index (χ4v) is 1.38. The molecule has 5 heteroatoms. The van der Waals surface area contributed by atoms with Gasteiger partial charge in [0.25, 0.3) is 0 Å². The topological polar surface area (TPSA) is 43.9 Å². The number of aromatic nitrogens is 3. The summed E-state index contributed by atoms with van der Waals surface area (Å²) in [5.41, 5.74) is 0.915. The summed E-state index contributed by atoms with van der Waals surface area (Å²) in [5, 5.41) is 0. The second-order valence-corrected chi connectivity index (χ2v) is 3.32. The lowest BCUT2D eigenvalue weighted by atomic mass is 10.4. The Labute approximate surface area is 86.5 Å². The number of hydrogen-bond acceptors (Lipinski definition) is 3. The molecule has 2 heterocycles. The van der Waals surface area contributed by atoms with E-state index in [0.29, 0.717) is 18.2 Å². The van der Waals surface area contributed by atoms with Crippen LogP contribution in [-0.2, 0) is 13.5 Å². The Balaban J connectivity index is 2.29. The smallest absolute Gasteiger partial charge is 0.196 e. The van der Waals surface area contributed by atoms with E-state index in [2.05, 4.69) is 9.97 Å². The van der Waals surface area contributed by atoms with Crippen molar-refractivity contribution in [3.05, 3.63) is 24.6 Å². The molecule has 74 valence electrons. The summed E-state index contributed by atoms with van der Waals surface area (Å²) < 4.78 is 7.37. The third-order valence-corrected chi connectivity index (χ3v) is 2.12. The lowest BCUT2D eigenvalue weighted by molar-refractivity contribution is 0.511. The van der Waals surface area contributed by atoms with E-state index in [1.165, 1.54) is 0 Å². The summed E-state index contributed by atoms with van der Waals surface area (Å²) in [6.07, 6.45) is 5.81. The summed E-state index contributed by atoms with van der Waals surface area (Å²) in [6.45, 7) is 0. The number of halogens is 1. The van der Waals surface area contributed by atoms with Crippen LogP contribution >= 0.6 is 11.6 Å². The molecule has 2 aromatic rings. The number of imidazole rings is 1. The molecule has 0 spiro atoms. The van der Waals surface area contributed by atoms with Gasteiger partial charge < -0.3 is 8.98 Å². The van der Waals surface area contributed by atoms with Gasteiger partial charge in [-0.1, -0.05) is 0 Å². The number of alkyl halides is 1. The van der Waals surface area contributed by atoms with Crippen LogP contribution in [0.3, 0.4) is 0 Å². The lowest BCUT2D eigenvalue weighted by Gasteiger charge is -1.95. The van der Waals surface area contributed by atoms with Gasteiger partial charge in [-0.25, -0.2) is 9.97 Å². The van der Waals surface area contributed by atoms with Crippen molar-refractivity contribution in [1.82, 2.24) is 14.5 Å². The highest BCUT2D eigenvalue weighted by molar-refractivity contribution is 6.17. The zero-order chi connectivity index (χ0) is 9.97. The maximum atomic E-state index is 5.58. The monoisotopic (exact) mass is 211 g/mol. The van der Waals surface area contributed by atoms with E-state index in [1.54, 1.807) is 18.7 Å². The van der Waals surface area contributed by atoms with Crippen molar-refractivity contribution in [3.63, 3.8) is 0 Å². The zero-order valence-corrected chi connectivity index (χ0v) is 8.53. The van der Waals surface area contributed by atoms with Gasteiger partial charge in [-0.2, -0.15) is 0 Å². The quantitative estimate of drug-likeness (QED) is 0.728. The summed E-state index contributed by atoms with van der Waals surface area (Å²) >= 11 is 5.58. The van der Waals surface area contributed by atoms with Crippen molar-refractivity contribution in [2.24, 2.45) is 7.05 Å². The number of aryl methyl sites for hydroxylation is 2. The maximum absolute atomic E-state index is 5.58. The van der Waals surface area contributed by atoms with Gasteiger partial charge >= 0.3 is 0 Å². The molecule has 0 radical (unpaired) electrons. The van der Waals surface area contributed by atoms with Gasteiger partial charge in [0, 0.05) is 19.3 Å². The highest BCUT2D eigenvalue weighted by Gasteiger charge is 2.08. The van der Waals surface area contributed by atoms with Crippen LogP contribution in [0, 0.1) is 0 Å². The average molecular weight is 212 g/mol. The van der Waals surface area contributed by atoms with Gasteiger partial charge in [0.1, 0.15) is 5.69 Å². The Morgan fingerprint density at radius 3 is 3.00 bits per heavy atom. The molecule has 0 aliphatic heterocycles. The second-order valence-electron chi connectivity index (χ2n) is 2.95. The molecule has 0 aliphatic carbocycles. The van der Waals surface area contributed by atoms with Crippen molar-refractivity contribution < 1.29 is 4.42 Å². The van der Waals surface area contributed by atoms with E-state index in [9.17, 15) is 0 Å². The largest absolute Gasteiger partial charge is 0.439 e. The molecule has 0 aromatic carbocycles. The maximum Gasteiger partial charge on any atom is 0.196 e. The molecular weight excluding hydrogens is 202 g/mol. The third-order valence-electron chi connectivity index (χ3n) is 1.93. The van der Waals surface area contributed by atoms with Crippen LogP contribution in [0.4, 0.5) is 0 Å². The van der Waals surface area contributed by atoms with Crippen molar-refractivity contribution in [2.45, 2.75) is 6.42 Å². The summed E-state index contributed by atoms with van der Waals surface area (Å²) in [6, 6.07) is 0. The lowest BCUT2D eigenvalue weighted by Crippen LogP contribution is -1.87. The zero-order valence-electron chi connectivity index (χ0n) is 7.77. The van der Waals surface area contributed by atoms with E-state index in [1.807, 2.05) is 11.6 Å². The van der Waals surface area contributed by atoms with Crippen LogP contribution in [-0.4, -0.2) is 20.4 Å². The predicted molar refractivity (Wildman–Crippen MR) is 53.1 cm³/mol. The summed E-state index contributed by atoms with van der Waals surface area (Å²) in [4.78, 5) is 8.11. The molecule has 0 bridgehead atoms. The molecule has 0 atom stereocenters. The van der Waals surface area contributed by atoms with E-state index >= 15 is 0 Å². The van der Waals surface area contributed by atoms with Crippen LogP contribution in [0.2, 0.25) is 0 Å². The van der Waals surface area contributed by atoms with Gasteiger partial charge in [-0.3, -0.25) is 0 Å². The molecule has 0 N–H and O–H groups in total. The van der Waals surface area contributed by atoms with Gasteiger partial charge in [0.15, 0.2) is 11.7 Å². The van der Waals surface area contributed by atoms with E-state index < -0.39 is 0 Å². The number of nitrogens with zero attached hydrogens (tertiary/aromatic N) is 3. The van der Waals surface area contributed by atoms with Crippen molar-refractivity contribution >= 4 is 11.6 Å². The van der Waals surface area contributed by atoms with E-state index in [-0.39, 0.29) is 0 Å².